The maximum Gasteiger partial charge on any atom is 0.336 e. The molecular weight excluding hydrogens is 290 g/mol. The summed E-state index contributed by atoms with van der Waals surface area (Å²) in [6, 6.07) is 14.1. The number of halogens is 1. The molecule has 0 saturated heterocycles. The lowest BCUT2D eigenvalue weighted by Crippen LogP contribution is -2.04. The lowest BCUT2D eigenvalue weighted by molar-refractivity contribution is 0.0697. The highest BCUT2D eigenvalue weighted by Gasteiger charge is 2.17. The molecule has 0 bridgehead atoms. The molecule has 0 aliphatic heterocycles. The molecule has 6 heteroatoms. The van der Waals surface area contributed by atoms with Crippen molar-refractivity contribution in [2.75, 3.05) is 0 Å². The molecule has 104 valence electrons. The second-order valence-electron chi connectivity index (χ2n) is 4.36. The third kappa shape index (κ3) is 2.51. The second-order valence-corrected chi connectivity index (χ2v) is 4.80. The minimum atomic E-state index is -1.05. The number of carboxylic acid groups (broad SMARTS) is 1. The van der Waals surface area contributed by atoms with E-state index in [1.165, 1.54) is 12.3 Å². The van der Waals surface area contributed by atoms with E-state index in [-0.39, 0.29) is 5.56 Å². The zero-order valence-electron chi connectivity index (χ0n) is 10.8. The number of carbonyl (C=O) groups is 1. The molecule has 3 rings (SSSR count). The number of benzene rings is 2. The van der Waals surface area contributed by atoms with Crippen molar-refractivity contribution in [3.05, 3.63) is 65.3 Å². The van der Waals surface area contributed by atoms with Gasteiger partial charge in [0.25, 0.3) is 0 Å². The summed E-state index contributed by atoms with van der Waals surface area (Å²) < 4.78 is 1.59. The Hall–Kier alpha value is -2.66. The molecule has 0 aliphatic rings. The van der Waals surface area contributed by atoms with Crippen molar-refractivity contribution in [1.82, 2.24) is 15.0 Å². The van der Waals surface area contributed by atoms with Crippen molar-refractivity contribution in [1.29, 1.82) is 0 Å². The third-order valence-electron chi connectivity index (χ3n) is 3.04. The van der Waals surface area contributed by atoms with Gasteiger partial charge in [-0.15, -0.1) is 5.10 Å². The fourth-order valence-corrected chi connectivity index (χ4v) is 2.27. The van der Waals surface area contributed by atoms with E-state index in [4.69, 9.17) is 11.6 Å². The van der Waals surface area contributed by atoms with Crippen LogP contribution in [-0.4, -0.2) is 26.1 Å². The predicted octanol–water partition coefficient (Wildman–Crippen LogP) is 3.29. The molecule has 0 spiro atoms. The number of aromatic nitrogens is 3. The molecule has 1 heterocycles. The Kier molecular flexibility index (Phi) is 3.41. The minimum absolute atomic E-state index is 0.113. The standard InChI is InChI=1S/C15H10ClN3O2/c16-10-6-7-12(13(8-10)15(20)21)14-9-17-18-19(14)11-4-2-1-3-5-11/h1-9H,(H,20,21). The summed E-state index contributed by atoms with van der Waals surface area (Å²) in [5.74, 6) is -1.05. The van der Waals surface area contributed by atoms with Crippen molar-refractivity contribution in [2.24, 2.45) is 0 Å². The zero-order chi connectivity index (χ0) is 14.8. The highest BCUT2D eigenvalue weighted by Crippen LogP contribution is 2.27. The monoisotopic (exact) mass is 299 g/mol. The SMILES string of the molecule is O=C(O)c1cc(Cl)ccc1-c1cnnn1-c1ccccc1. The van der Waals surface area contributed by atoms with Gasteiger partial charge in [-0.1, -0.05) is 41.1 Å². The molecular formula is C15H10ClN3O2. The van der Waals surface area contributed by atoms with E-state index in [0.29, 0.717) is 16.3 Å². The molecule has 0 aliphatic carbocycles. The first-order chi connectivity index (χ1) is 10.2. The van der Waals surface area contributed by atoms with Crippen LogP contribution in [-0.2, 0) is 0 Å². The van der Waals surface area contributed by atoms with Crippen LogP contribution in [0.15, 0.2) is 54.7 Å². The van der Waals surface area contributed by atoms with Crippen LogP contribution in [0, 0.1) is 0 Å². The maximum absolute atomic E-state index is 11.4. The molecule has 5 nitrogen and oxygen atoms in total. The molecule has 3 aromatic rings. The number of rotatable bonds is 3. The van der Waals surface area contributed by atoms with Gasteiger partial charge < -0.3 is 5.11 Å². The molecule has 21 heavy (non-hydrogen) atoms. The second kappa shape index (κ2) is 5.38. The summed E-state index contributed by atoms with van der Waals surface area (Å²) in [4.78, 5) is 11.4. The Balaban J connectivity index is 2.20. The Morgan fingerprint density at radius 1 is 1.14 bits per heavy atom. The van der Waals surface area contributed by atoms with Crippen molar-refractivity contribution in [3.8, 4) is 16.9 Å². The van der Waals surface area contributed by atoms with Crippen LogP contribution in [0.2, 0.25) is 5.02 Å². The Bertz CT molecular complexity index is 800. The van der Waals surface area contributed by atoms with Gasteiger partial charge in [0.15, 0.2) is 0 Å². The molecule has 0 saturated carbocycles. The predicted molar refractivity (Wildman–Crippen MR) is 78.8 cm³/mol. The summed E-state index contributed by atoms with van der Waals surface area (Å²) in [6.07, 6.45) is 1.53. The highest BCUT2D eigenvalue weighted by molar-refractivity contribution is 6.31. The first kappa shape index (κ1) is 13.3. The average Bonchev–Trinajstić information content (AvgIpc) is 2.97. The van der Waals surface area contributed by atoms with Crippen LogP contribution < -0.4 is 0 Å². The van der Waals surface area contributed by atoms with Gasteiger partial charge in [-0.3, -0.25) is 0 Å². The van der Waals surface area contributed by atoms with Gasteiger partial charge in [-0.2, -0.15) is 0 Å². The van der Waals surface area contributed by atoms with E-state index in [1.807, 2.05) is 30.3 Å². The molecule has 1 N–H and O–H groups in total. The average molecular weight is 300 g/mol. The van der Waals surface area contributed by atoms with Gasteiger partial charge >= 0.3 is 5.97 Å². The lowest BCUT2D eigenvalue weighted by Gasteiger charge is -2.09. The summed E-state index contributed by atoms with van der Waals surface area (Å²) in [7, 11) is 0. The molecule has 1 aromatic heterocycles. The smallest absolute Gasteiger partial charge is 0.336 e. The number of hydrogen-bond acceptors (Lipinski definition) is 3. The van der Waals surface area contributed by atoms with Crippen LogP contribution in [0.3, 0.4) is 0 Å². The van der Waals surface area contributed by atoms with Crippen molar-refractivity contribution >= 4 is 17.6 Å². The quantitative estimate of drug-likeness (QED) is 0.806. The van der Waals surface area contributed by atoms with Gasteiger partial charge in [0.1, 0.15) is 0 Å². The number of nitrogens with zero attached hydrogens (tertiary/aromatic N) is 3. The zero-order valence-corrected chi connectivity index (χ0v) is 11.5. The highest BCUT2D eigenvalue weighted by atomic mass is 35.5. The van der Waals surface area contributed by atoms with E-state index in [0.717, 1.165) is 5.69 Å². The first-order valence-electron chi connectivity index (χ1n) is 6.16. The van der Waals surface area contributed by atoms with Gasteiger partial charge in [0, 0.05) is 10.6 Å². The third-order valence-corrected chi connectivity index (χ3v) is 3.27. The van der Waals surface area contributed by atoms with Crippen molar-refractivity contribution in [3.63, 3.8) is 0 Å². The van der Waals surface area contributed by atoms with Crippen molar-refractivity contribution in [2.45, 2.75) is 0 Å². The van der Waals surface area contributed by atoms with Crippen LogP contribution in [0.5, 0.6) is 0 Å². The van der Waals surface area contributed by atoms with Crippen LogP contribution >= 0.6 is 11.6 Å². The topological polar surface area (TPSA) is 68.0 Å². The summed E-state index contributed by atoms with van der Waals surface area (Å²) in [5, 5.41) is 17.6. The number of hydrogen-bond donors (Lipinski definition) is 1. The Labute approximate surface area is 125 Å². The van der Waals surface area contributed by atoms with Crippen LogP contribution in [0.1, 0.15) is 10.4 Å². The summed E-state index contributed by atoms with van der Waals surface area (Å²) in [5.41, 5.74) is 2.02. The normalized spacial score (nSPS) is 10.5. The molecule has 0 fully saturated rings. The first-order valence-corrected chi connectivity index (χ1v) is 6.54. The number of para-hydroxylation sites is 1. The Morgan fingerprint density at radius 2 is 1.90 bits per heavy atom. The van der Waals surface area contributed by atoms with E-state index in [9.17, 15) is 9.90 Å². The van der Waals surface area contributed by atoms with E-state index in [1.54, 1.807) is 16.8 Å². The van der Waals surface area contributed by atoms with Gasteiger partial charge in [-0.05, 0) is 24.3 Å². The summed E-state index contributed by atoms with van der Waals surface area (Å²) >= 11 is 5.88. The molecule has 0 amide bonds. The number of aromatic carboxylic acids is 1. The lowest BCUT2D eigenvalue weighted by atomic mass is 10.0. The Morgan fingerprint density at radius 3 is 2.62 bits per heavy atom. The van der Waals surface area contributed by atoms with E-state index < -0.39 is 5.97 Å². The van der Waals surface area contributed by atoms with Gasteiger partial charge in [0.05, 0.1) is 23.1 Å². The van der Waals surface area contributed by atoms with Gasteiger partial charge in [-0.25, -0.2) is 9.48 Å². The molecule has 0 radical (unpaired) electrons. The largest absolute Gasteiger partial charge is 0.478 e. The minimum Gasteiger partial charge on any atom is -0.478 e. The van der Waals surface area contributed by atoms with E-state index in [2.05, 4.69) is 10.3 Å². The maximum atomic E-state index is 11.4. The van der Waals surface area contributed by atoms with Crippen molar-refractivity contribution < 1.29 is 9.90 Å². The number of carboxylic acids is 1. The molecule has 0 atom stereocenters. The fraction of sp³-hybridized carbons (Fsp3) is 0. The fourth-order valence-electron chi connectivity index (χ4n) is 2.10. The van der Waals surface area contributed by atoms with E-state index >= 15 is 0 Å². The van der Waals surface area contributed by atoms with Gasteiger partial charge in [0.2, 0.25) is 0 Å². The summed E-state index contributed by atoms with van der Waals surface area (Å²) in [6.45, 7) is 0. The van der Waals surface area contributed by atoms with Crippen LogP contribution in [0.4, 0.5) is 0 Å². The molecule has 2 aromatic carbocycles. The van der Waals surface area contributed by atoms with Crippen LogP contribution in [0.25, 0.3) is 16.9 Å². The molecule has 0 unspecified atom stereocenters.